The van der Waals surface area contributed by atoms with E-state index in [0.29, 0.717) is 38.2 Å². The third kappa shape index (κ3) is 4.26. The highest BCUT2D eigenvalue weighted by molar-refractivity contribution is 5.94. The Morgan fingerprint density at radius 1 is 0.964 bits per heavy atom. The first-order valence-electron chi connectivity index (χ1n) is 10.4. The number of aromatic nitrogens is 2. The molecule has 1 aromatic carbocycles. The van der Waals surface area contributed by atoms with Gasteiger partial charge in [-0.15, -0.1) is 0 Å². The molecule has 6 heteroatoms. The molecule has 2 heterocycles. The average molecular weight is 380 g/mol. The van der Waals surface area contributed by atoms with Crippen LogP contribution in [0.5, 0.6) is 0 Å². The van der Waals surface area contributed by atoms with Crippen LogP contribution in [0.2, 0.25) is 0 Å². The molecule has 148 valence electrons. The zero-order valence-electron chi connectivity index (χ0n) is 16.3. The Morgan fingerprint density at radius 3 is 2.36 bits per heavy atom. The summed E-state index contributed by atoms with van der Waals surface area (Å²) in [6.45, 7) is 2.43. The number of para-hydroxylation sites is 1. The molecule has 1 aliphatic heterocycles. The molecule has 1 saturated heterocycles. The highest BCUT2D eigenvalue weighted by Crippen LogP contribution is 2.28. The van der Waals surface area contributed by atoms with Crippen molar-refractivity contribution in [2.45, 2.75) is 38.5 Å². The molecule has 1 aliphatic carbocycles. The Balaban J connectivity index is 1.28. The second-order valence-corrected chi connectivity index (χ2v) is 7.87. The largest absolute Gasteiger partial charge is 0.339 e. The minimum atomic E-state index is -0.0137. The summed E-state index contributed by atoms with van der Waals surface area (Å²) in [5.74, 6) is 0.976. The SMILES string of the molecule is O=C(CCC1CCCC1)N1CCN(C(=O)c2cnn(-c3ccccc3)c2)CC1. The molecule has 0 bridgehead atoms. The van der Waals surface area contributed by atoms with Gasteiger partial charge in [0, 0.05) is 38.8 Å². The summed E-state index contributed by atoms with van der Waals surface area (Å²) in [6, 6.07) is 9.75. The van der Waals surface area contributed by atoms with Crippen LogP contribution in [-0.4, -0.2) is 57.6 Å². The van der Waals surface area contributed by atoms with Crippen LogP contribution in [-0.2, 0) is 4.79 Å². The lowest BCUT2D eigenvalue weighted by molar-refractivity contribution is -0.133. The first kappa shape index (κ1) is 18.7. The van der Waals surface area contributed by atoms with E-state index in [4.69, 9.17) is 0 Å². The number of amides is 2. The molecule has 1 aromatic heterocycles. The van der Waals surface area contributed by atoms with E-state index in [1.807, 2.05) is 40.1 Å². The Labute approximate surface area is 166 Å². The summed E-state index contributed by atoms with van der Waals surface area (Å²) in [5, 5.41) is 4.31. The molecule has 0 atom stereocenters. The molecule has 4 rings (SSSR count). The van der Waals surface area contributed by atoms with Crippen molar-refractivity contribution in [3.05, 3.63) is 48.3 Å². The van der Waals surface area contributed by atoms with Crippen molar-refractivity contribution in [2.24, 2.45) is 5.92 Å². The second kappa shape index (κ2) is 8.59. The quantitative estimate of drug-likeness (QED) is 0.801. The number of hydrogen-bond donors (Lipinski definition) is 0. The van der Waals surface area contributed by atoms with Gasteiger partial charge in [0.15, 0.2) is 0 Å². The van der Waals surface area contributed by atoms with Crippen molar-refractivity contribution in [3.8, 4) is 5.69 Å². The number of hydrogen-bond acceptors (Lipinski definition) is 3. The molecule has 1 saturated carbocycles. The van der Waals surface area contributed by atoms with Gasteiger partial charge in [-0.05, 0) is 24.5 Å². The van der Waals surface area contributed by atoms with E-state index in [2.05, 4.69) is 5.10 Å². The van der Waals surface area contributed by atoms with Crippen molar-refractivity contribution in [1.82, 2.24) is 19.6 Å². The average Bonchev–Trinajstić information content (AvgIpc) is 3.44. The van der Waals surface area contributed by atoms with Gasteiger partial charge in [-0.2, -0.15) is 5.10 Å². The molecular weight excluding hydrogens is 352 g/mol. The highest BCUT2D eigenvalue weighted by atomic mass is 16.2. The number of benzene rings is 1. The van der Waals surface area contributed by atoms with E-state index in [1.54, 1.807) is 17.1 Å². The van der Waals surface area contributed by atoms with Gasteiger partial charge in [-0.25, -0.2) is 4.68 Å². The monoisotopic (exact) mass is 380 g/mol. The first-order valence-corrected chi connectivity index (χ1v) is 10.4. The lowest BCUT2D eigenvalue weighted by Crippen LogP contribution is -2.50. The number of nitrogens with zero attached hydrogens (tertiary/aromatic N) is 4. The van der Waals surface area contributed by atoms with Gasteiger partial charge in [0.25, 0.3) is 5.91 Å². The Bertz CT molecular complexity index is 803. The lowest BCUT2D eigenvalue weighted by Gasteiger charge is -2.34. The van der Waals surface area contributed by atoms with Gasteiger partial charge < -0.3 is 9.80 Å². The third-order valence-electron chi connectivity index (χ3n) is 6.01. The minimum Gasteiger partial charge on any atom is -0.339 e. The van der Waals surface area contributed by atoms with Crippen molar-refractivity contribution in [3.63, 3.8) is 0 Å². The smallest absolute Gasteiger partial charge is 0.257 e. The summed E-state index contributed by atoms with van der Waals surface area (Å²) in [6.07, 6.45) is 10.3. The highest BCUT2D eigenvalue weighted by Gasteiger charge is 2.26. The number of piperazine rings is 1. The Hall–Kier alpha value is -2.63. The molecule has 6 nitrogen and oxygen atoms in total. The van der Waals surface area contributed by atoms with Crippen LogP contribution in [0, 0.1) is 5.92 Å². The molecule has 28 heavy (non-hydrogen) atoms. The fourth-order valence-electron chi connectivity index (χ4n) is 4.28. The lowest BCUT2D eigenvalue weighted by atomic mass is 10.0. The molecule has 2 fully saturated rings. The van der Waals surface area contributed by atoms with Crippen LogP contribution in [0.3, 0.4) is 0 Å². The third-order valence-corrected chi connectivity index (χ3v) is 6.01. The van der Waals surface area contributed by atoms with E-state index >= 15 is 0 Å². The molecule has 2 aliphatic rings. The Morgan fingerprint density at radius 2 is 1.64 bits per heavy atom. The van der Waals surface area contributed by atoms with Crippen LogP contribution in [0.25, 0.3) is 5.69 Å². The van der Waals surface area contributed by atoms with Gasteiger partial charge in [0.1, 0.15) is 0 Å². The summed E-state index contributed by atoms with van der Waals surface area (Å²) < 4.78 is 1.72. The molecule has 2 amide bonds. The van der Waals surface area contributed by atoms with Crippen LogP contribution in [0.15, 0.2) is 42.7 Å². The van der Waals surface area contributed by atoms with Gasteiger partial charge in [-0.1, -0.05) is 43.9 Å². The molecule has 0 radical (unpaired) electrons. The normalized spacial score (nSPS) is 17.9. The zero-order valence-corrected chi connectivity index (χ0v) is 16.3. The summed E-state index contributed by atoms with van der Waals surface area (Å²) >= 11 is 0. The van der Waals surface area contributed by atoms with E-state index in [-0.39, 0.29) is 11.8 Å². The molecular formula is C22H28N4O2. The van der Waals surface area contributed by atoms with Gasteiger partial charge in [0.05, 0.1) is 17.4 Å². The topological polar surface area (TPSA) is 58.4 Å². The van der Waals surface area contributed by atoms with Gasteiger partial charge in [-0.3, -0.25) is 9.59 Å². The van der Waals surface area contributed by atoms with Gasteiger partial charge in [0.2, 0.25) is 5.91 Å². The van der Waals surface area contributed by atoms with E-state index in [1.165, 1.54) is 25.7 Å². The standard InChI is InChI=1S/C22H28N4O2/c27-21(11-10-18-6-4-5-7-18)24-12-14-25(15-13-24)22(28)19-16-23-26(17-19)20-8-2-1-3-9-20/h1-3,8-9,16-18H,4-7,10-15H2. The summed E-state index contributed by atoms with van der Waals surface area (Å²) in [5.41, 5.74) is 1.52. The fraction of sp³-hybridized carbons (Fsp3) is 0.500. The maximum absolute atomic E-state index is 12.8. The molecule has 0 spiro atoms. The maximum Gasteiger partial charge on any atom is 0.257 e. The van der Waals surface area contributed by atoms with E-state index in [0.717, 1.165) is 18.0 Å². The van der Waals surface area contributed by atoms with Crippen molar-refractivity contribution >= 4 is 11.8 Å². The Kier molecular flexibility index (Phi) is 5.74. The van der Waals surface area contributed by atoms with Crippen LogP contribution >= 0.6 is 0 Å². The predicted molar refractivity (Wildman–Crippen MR) is 107 cm³/mol. The van der Waals surface area contributed by atoms with E-state index < -0.39 is 0 Å². The van der Waals surface area contributed by atoms with Crippen molar-refractivity contribution < 1.29 is 9.59 Å². The van der Waals surface area contributed by atoms with Crippen LogP contribution < -0.4 is 0 Å². The molecule has 2 aromatic rings. The maximum atomic E-state index is 12.8. The van der Waals surface area contributed by atoms with Gasteiger partial charge >= 0.3 is 0 Å². The van der Waals surface area contributed by atoms with E-state index in [9.17, 15) is 9.59 Å². The van der Waals surface area contributed by atoms with Crippen molar-refractivity contribution in [1.29, 1.82) is 0 Å². The minimum absolute atomic E-state index is 0.0137. The van der Waals surface area contributed by atoms with Crippen molar-refractivity contribution in [2.75, 3.05) is 26.2 Å². The van der Waals surface area contributed by atoms with Crippen LogP contribution in [0.1, 0.15) is 48.9 Å². The zero-order chi connectivity index (χ0) is 19.3. The predicted octanol–water partition coefficient (Wildman–Crippen LogP) is 3.13. The summed E-state index contributed by atoms with van der Waals surface area (Å²) in [4.78, 5) is 29.0. The fourth-order valence-corrected chi connectivity index (χ4v) is 4.28. The second-order valence-electron chi connectivity index (χ2n) is 7.87. The molecule has 0 N–H and O–H groups in total. The van der Waals surface area contributed by atoms with Crippen LogP contribution in [0.4, 0.5) is 0 Å². The first-order chi connectivity index (χ1) is 13.7. The number of carbonyl (C=O) groups is 2. The number of rotatable bonds is 5. The molecule has 0 unspecified atom stereocenters. The summed E-state index contributed by atoms with van der Waals surface area (Å²) in [7, 11) is 0. The number of carbonyl (C=O) groups excluding carboxylic acids is 2.